The normalized spacial score (nSPS) is 32.1. The molecule has 1 aromatic rings. The summed E-state index contributed by atoms with van der Waals surface area (Å²) in [4.78, 5) is 14.9. The lowest BCUT2D eigenvalue weighted by atomic mass is 10.0. The summed E-state index contributed by atoms with van der Waals surface area (Å²) >= 11 is 0. The zero-order valence-electron chi connectivity index (χ0n) is 13.7. The molecule has 0 aromatic heterocycles. The third-order valence-electron chi connectivity index (χ3n) is 4.95. The van der Waals surface area contributed by atoms with Crippen LogP contribution < -0.4 is 5.32 Å². The first-order valence-electron chi connectivity index (χ1n) is 8.05. The Morgan fingerprint density at radius 1 is 1.29 bits per heavy atom. The monoisotopic (exact) mass is 286 g/mol. The Bertz CT molecular complexity index is 566. The fraction of sp³-hybridized carbons (Fsp3) is 0.611. The molecule has 1 heterocycles. The number of benzene rings is 1. The largest absolute Gasteiger partial charge is 0.318 e. The summed E-state index contributed by atoms with van der Waals surface area (Å²) in [5.41, 5.74) is 3.78. The molecule has 3 nitrogen and oxygen atoms in total. The van der Waals surface area contributed by atoms with E-state index in [9.17, 15) is 4.79 Å². The van der Waals surface area contributed by atoms with Crippen molar-refractivity contribution in [2.24, 2.45) is 11.8 Å². The fourth-order valence-electron chi connectivity index (χ4n) is 3.50. The van der Waals surface area contributed by atoms with Crippen molar-refractivity contribution in [1.82, 2.24) is 10.2 Å². The molecular weight excluding hydrogens is 260 g/mol. The van der Waals surface area contributed by atoms with Crippen LogP contribution >= 0.6 is 0 Å². The van der Waals surface area contributed by atoms with Gasteiger partial charge in [-0.3, -0.25) is 10.1 Å². The highest BCUT2D eigenvalue weighted by Crippen LogP contribution is 2.43. The minimum Gasteiger partial charge on any atom is -0.318 e. The number of nitrogens with one attached hydrogen (secondary N) is 1. The molecule has 2 aliphatic rings. The molecule has 3 heteroatoms. The van der Waals surface area contributed by atoms with Gasteiger partial charge in [0.25, 0.3) is 0 Å². The lowest BCUT2D eigenvalue weighted by molar-refractivity contribution is -0.131. The number of amides is 1. The Hall–Kier alpha value is -1.35. The molecular formula is C18H26N2O. The first-order chi connectivity index (χ1) is 9.90. The fourth-order valence-corrected chi connectivity index (χ4v) is 3.50. The van der Waals surface area contributed by atoms with Crippen molar-refractivity contribution in [3.05, 3.63) is 34.9 Å². The molecule has 4 atom stereocenters. The van der Waals surface area contributed by atoms with Crippen molar-refractivity contribution in [3.63, 3.8) is 0 Å². The lowest BCUT2D eigenvalue weighted by Gasteiger charge is -2.26. The predicted molar refractivity (Wildman–Crippen MR) is 84.8 cm³/mol. The maximum absolute atomic E-state index is 12.8. The molecule has 1 aromatic carbocycles. The van der Waals surface area contributed by atoms with Crippen LogP contribution in [-0.2, 0) is 4.79 Å². The maximum atomic E-state index is 12.8. The van der Waals surface area contributed by atoms with Crippen LogP contribution in [0.1, 0.15) is 50.0 Å². The van der Waals surface area contributed by atoms with Gasteiger partial charge in [-0.15, -0.1) is 0 Å². The number of aryl methyl sites for hydroxylation is 2. The van der Waals surface area contributed by atoms with Gasteiger partial charge >= 0.3 is 0 Å². The molecule has 4 unspecified atom stereocenters. The summed E-state index contributed by atoms with van der Waals surface area (Å²) in [6.07, 6.45) is 1.18. The highest BCUT2D eigenvalue weighted by atomic mass is 16.2. The maximum Gasteiger partial charge on any atom is 0.241 e. The lowest BCUT2D eigenvalue weighted by Crippen LogP contribution is -2.35. The summed E-state index contributed by atoms with van der Waals surface area (Å²) in [6.45, 7) is 10.7. The molecule has 114 valence electrons. The van der Waals surface area contributed by atoms with Crippen LogP contribution in [0.4, 0.5) is 0 Å². The molecule has 2 fully saturated rings. The van der Waals surface area contributed by atoms with Gasteiger partial charge in [0.15, 0.2) is 0 Å². The second-order valence-electron chi connectivity index (χ2n) is 7.18. The van der Waals surface area contributed by atoms with Gasteiger partial charge in [-0.2, -0.15) is 0 Å². The van der Waals surface area contributed by atoms with Crippen LogP contribution in [0.15, 0.2) is 18.2 Å². The van der Waals surface area contributed by atoms with Crippen molar-refractivity contribution < 1.29 is 4.79 Å². The Kier molecular flexibility index (Phi) is 3.56. The first kappa shape index (κ1) is 14.6. The van der Waals surface area contributed by atoms with Crippen molar-refractivity contribution in [1.29, 1.82) is 0 Å². The van der Waals surface area contributed by atoms with E-state index in [2.05, 4.69) is 63.0 Å². The van der Waals surface area contributed by atoms with E-state index in [0.29, 0.717) is 17.9 Å². The third kappa shape index (κ3) is 2.48. The number of hydrogen-bond donors (Lipinski definition) is 1. The van der Waals surface area contributed by atoms with Gasteiger partial charge in [0, 0.05) is 6.04 Å². The van der Waals surface area contributed by atoms with Crippen LogP contribution in [0, 0.1) is 25.7 Å². The summed E-state index contributed by atoms with van der Waals surface area (Å²) < 4.78 is 0. The van der Waals surface area contributed by atoms with E-state index < -0.39 is 0 Å². The van der Waals surface area contributed by atoms with E-state index in [4.69, 9.17) is 0 Å². The highest BCUT2D eigenvalue weighted by Gasteiger charge is 2.51. The quantitative estimate of drug-likeness (QED) is 0.925. The number of nitrogens with zero attached hydrogens (tertiary/aromatic N) is 1. The van der Waals surface area contributed by atoms with Crippen LogP contribution in [0.3, 0.4) is 0 Å². The zero-order chi connectivity index (χ0) is 15.3. The average molecular weight is 286 g/mol. The van der Waals surface area contributed by atoms with Crippen molar-refractivity contribution in [2.75, 3.05) is 0 Å². The molecule has 1 N–H and O–H groups in total. The molecule has 0 radical (unpaired) electrons. The second kappa shape index (κ2) is 5.13. The summed E-state index contributed by atoms with van der Waals surface area (Å²) in [5.74, 6) is 1.24. The van der Waals surface area contributed by atoms with Gasteiger partial charge in [-0.05, 0) is 43.2 Å². The molecule has 1 saturated heterocycles. The average Bonchev–Trinajstić information content (AvgIpc) is 3.00. The summed E-state index contributed by atoms with van der Waals surface area (Å²) in [6, 6.07) is 6.89. The van der Waals surface area contributed by atoms with Crippen molar-refractivity contribution in [2.45, 2.75) is 59.3 Å². The Morgan fingerprint density at radius 2 is 1.95 bits per heavy atom. The van der Waals surface area contributed by atoms with Gasteiger partial charge in [0.2, 0.25) is 5.91 Å². The molecule has 1 aliphatic carbocycles. The Balaban J connectivity index is 1.96. The van der Waals surface area contributed by atoms with Crippen LogP contribution in [0.25, 0.3) is 0 Å². The zero-order valence-corrected chi connectivity index (χ0v) is 13.7. The van der Waals surface area contributed by atoms with E-state index in [1.165, 1.54) is 16.7 Å². The second-order valence-corrected chi connectivity index (χ2v) is 7.18. The molecule has 1 amide bonds. The summed E-state index contributed by atoms with van der Waals surface area (Å²) in [5, 5.41) is 3.59. The highest BCUT2D eigenvalue weighted by molar-refractivity contribution is 5.85. The number of carbonyl (C=O) groups is 1. The van der Waals surface area contributed by atoms with Crippen LogP contribution in [0.5, 0.6) is 0 Å². The van der Waals surface area contributed by atoms with Crippen molar-refractivity contribution >= 4 is 5.91 Å². The number of hydrogen-bond acceptors (Lipinski definition) is 2. The van der Waals surface area contributed by atoms with Crippen LogP contribution in [0.2, 0.25) is 0 Å². The van der Waals surface area contributed by atoms with E-state index in [1.807, 2.05) is 0 Å². The van der Waals surface area contributed by atoms with Crippen LogP contribution in [-0.4, -0.2) is 22.9 Å². The first-order valence-corrected chi connectivity index (χ1v) is 8.05. The Labute approximate surface area is 127 Å². The van der Waals surface area contributed by atoms with Crippen molar-refractivity contribution in [3.8, 4) is 0 Å². The minimum atomic E-state index is -0.0523. The van der Waals surface area contributed by atoms with Gasteiger partial charge in [-0.25, -0.2) is 0 Å². The summed E-state index contributed by atoms with van der Waals surface area (Å²) in [7, 11) is 0. The molecule has 0 bridgehead atoms. The Morgan fingerprint density at radius 3 is 2.48 bits per heavy atom. The standard InChI is InChI=1S/C18H26N2O/c1-10(2)16-18(21)20(15-9-13(15)5)17(19-16)14-7-6-11(3)8-12(14)4/h6-8,10,13,15-17,19H,9H2,1-5H3. The van der Waals surface area contributed by atoms with E-state index in [0.717, 1.165) is 6.42 Å². The predicted octanol–water partition coefficient (Wildman–Crippen LogP) is 3.17. The molecule has 0 spiro atoms. The molecule has 1 saturated carbocycles. The molecule has 21 heavy (non-hydrogen) atoms. The van der Waals surface area contributed by atoms with Gasteiger partial charge in [-0.1, -0.05) is 44.5 Å². The smallest absolute Gasteiger partial charge is 0.241 e. The third-order valence-corrected chi connectivity index (χ3v) is 4.95. The van der Waals surface area contributed by atoms with Gasteiger partial charge in [0.1, 0.15) is 6.17 Å². The minimum absolute atomic E-state index is 0.0421. The number of rotatable bonds is 3. The van der Waals surface area contributed by atoms with E-state index in [-0.39, 0.29) is 18.1 Å². The van der Waals surface area contributed by atoms with E-state index >= 15 is 0 Å². The topological polar surface area (TPSA) is 32.3 Å². The molecule has 3 rings (SSSR count). The SMILES string of the molecule is Cc1ccc(C2NC(C(C)C)C(=O)N2C2CC2C)c(C)c1. The van der Waals surface area contributed by atoms with Gasteiger partial charge in [0.05, 0.1) is 6.04 Å². The van der Waals surface area contributed by atoms with Gasteiger partial charge < -0.3 is 4.90 Å². The van der Waals surface area contributed by atoms with E-state index in [1.54, 1.807) is 0 Å². The number of carbonyl (C=O) groups excluding carboxylic acids is 1. The molecule has 1 aliphatic heterocycles.